The zero-order valence-electron chi connectivity index (χ0n) is 10.6. The van der Waals surface area contributed by atoms with Gasteiger partial charge in [-0.1, -0.05) is 22.0 Å². The average Bonchev–Trinajstić information content (AvgIpc) is 2.66. The summed E-state index contributed by atoms with van der Waals surface area (Å²) in [4.78, 5) is 24.9. The minimum Gasteiger partial charge on any atom is -0.300 e. The summed E-state index contributed by atoms with van der Waals surface area (Å²) in [6, 6.07) is 7.90. The molecule has 2 aromatic rings. The van der Waals surface area contributed by atoms with Crippen molar-refractivity contribution < 1.29 is 18.4 Å². The Balaban J connectivity index is 2.02. The van der Waals surface area contributed by atoms with E-state index >= 15 is 0 Å². The van der Waals surface area contributed by atoms with E-state index in [0.717, 1.165) is 17.0 Å². The Morgan fingerprint density at radius 2 is 1.81 bits per heavy atom. The molecule has 0 radical (unpaired) electrons. The lowest BCUT2D eigenvalue weighted by atomic mass is 10.1. The molecule has 0 aromatic heterocycles. The fourth-order valence-electron chi connectivity index (χ4n) is 2.24. The fourth-order valence-corrected chi connectivity index (χ4v) is 2.58. The number of ketones is 1. The van der Waals surface area contributed by atoms with Crippen LogP contribution in [0.5, 0.6) is 0 Å². The highest BCUT2D eigenvalue weighted by atomic mass is 79.9. The Bertz CT molecular complexity index is 776. The van der Waals surface area contributed by atoms with Crippen LogP contribution in [0.1, 0.15) is 15.9 Å². The Morgan fingerprint density at radius 3 is 2.52 bits per heavy atom. The molecule has 1 aliphatic heterocycles. The quantitative estimate of drug-likeness (QED) is 0.777. The lowest BCUT2D eigenvalue weighted by molar-refractivity contribution is -0.114. The molecule has 3 rings (SSSR count). The maximum Gasteiger partial charge on any atom is 0.299 e. The van der Waals surface area contributed by atoms with Crippen LogP contribution in [0.2, 0.25) is 0 Å². The van der Waals surface area contributed by atoms with Crippen molar-refractivity contribution in [2.75, 3.05) is 4.90 Å². The van der Waals surface area contributed by atoms with Crippen LogP contribution in [0.4, 0.5) is 14.5 Å². The SMILES string of the molecule is O=C1C(=O)N(Cc2ccc(Br)cc2F)c2cc(F)ccc21. The van der Waals surface area contributed by atoms with Gasteiger partial charge < -0.3 is 4.90 Å². The minimum absolute atomic E-state index is 0.125. The van der Waals surface area contributed by atoms with Crippen molar-refractivity contribution in [1.29, 1.82) is 0 Å². The highest BCUT2D eigenvalue weighted by Gasteiger charge is 2.36. The average molecular weight is 352 g/mol. The van der Waals surface area contributed by atoms with Crippen LogP contribution in [0, 0.1) is 11.6 Å². The second-order valence-corrected chi connectivity index (χ2v) is 5.53. The summed E-state index contributed by atoms with van der Waals surface area (Å²) in [6.45, 7) is -0.125. The van der Waals surface area contributed by atoms with E-state index in [0.29, 0.717) is 4.47 Å². The molecule has 1 heterocycles. The summed E-state index contributed by atoms with van der Waals surface area (Å²) in [5.41, 5.74) is 0.558. The van der Waals surface area contributed by atoms with Crippen LogP contribution in [-0.2, 0) is 11.3 Å². The first kappa shape index (κ1) is 13.9. The number of anilines is 1. The van der Waals surface area contributed by atoms with Gasteiger partial charge in [-0.3, -0.25) is 9.59 Å². The number of halogens is 3. The molecular weight excluding hydrogens is 344 g/mol. The number of fused-ring (bicyclic) bond motifs is 1. The maximum absolute atomic E-state index is 13.9. The van der Waals surface area contributed by atoms with Gasteiger partial charge in [0.25, 0.3) is 11.7 Å². The third-order valence-electron chi connectivity index (χ3n) is 3.28. The summed E-state index contributed by atoms with van der Waals surface area (Å²) >= 11 is 3.14. The van der Waals surface area contributed by atoms with Crippen LogP contribution in [0.3, 0.4) is 0 Å². The van der Waals surface area contributed by atoms with Crippen molar-refractivity contribution in [2.45, 2.75) is 6.54 Å². The summed E-state index contributed by atoms with van der Waals surface area (Å²) in [7, 11) is 0. The molecular formula is C15H8BrF2NO2. The van der Waals surface area contributed by atoms with Gasteiger partial charge in [0.1, 0.15) is 11.6 Å². The van der Waals surface area contributed by atoms with Gasteiger partial charge in [0.2, 0.25) is 0 Å². The third-order valence-corrected chi connectivity index (χ3v) is 3.77. The van der Waals surface area contributed by atoms with Crippen LogP contribution < -0.4 is 4.90 Å². The number of nitrogens with zero attached hydrogens (tertiary/aromatic N) is 1. The van der Waals surface area contributed by atoms with Crippen molar-refractivity contribution in [3.05, 3.63) is 63.6 Å². The lowest BCUT2D eigenvalue weighted by Crippen LogP contribution is -2.29. The second-order valence-electron chi connectivity index (χ2n) is 4.62. The number of Topliss-reactive ketones (excluding diaryl/α,β-unsaturated/α-hetero) is 1. The minimum atomic E-state index is -0.780. The third kappa shape index (κ3) is 2.35. The van der Waals surface area contributed by atoms with Gasteiger partial charge in [-0.2, -0.15) is 0 Å². The first-order valence-corrected chi connectivity index (χ1v) is 6.86. The van der Waals surface area contributed by atoms with Crippen molar-refractivity contribution >= 4 is 33.3 Å². The van der Waals surface area contributed by atoms with Gasteiger partial charge in [0.15, 0.2) is 0 Å². The second kappa shape index (κ2) is 5.04. The topological polar surface area (TPSA) is 37.4 Å². The van der Waals surface area contributed by atoms with Gasteiger partial charge >= 0.3 is 0 Å². The zero-order chi connectivity index (χ0) is 15.1. The summed E-state index contributed by atoms with van der Waals surface area (Å²) < 4.78 is 27.8. The molecule has 106 valence electrons. The van der Waals surface area contributed by atoms with Crippen LogP contribution in [-0.4, -0.2) is 11.7 Å². The van der Waals surface area contributed by atoms with E-state index in [1.807, 2.05) is 0 Å². The smallest absolute Gasteiger partial charge is 0.299 e. The molecule has 21 heavy (non-hydrogen) atoms. The molecule has 2 aromatic carbocycles. The van der Waals surface area contributed by atoms with E-state index in [1.165, 1.54) is 18.2 Å². The van der Waals surface area contributed by atoms with E-state index in [-0.39, 0.29) is 23.4 Å². The highest BCUT2D eigenvalue weighted by molar-refractivity contribution is 9.10. The van der Waals surface area contributed by atoms with E-state index in [2.05, 4.69) is 15.9 Å². The number of hydrogen-bond donors (Lipinski definition) is 0. The van der Waals surface area contributed by atoms with E-state index < -0.39 is 23.3 Å². The van der Waals surface area contributed by atoms with Crippen molar-refractivity contribution in [3.63, 3.8) is 0 Å². The first-order chi connectivity index (χ1) is 9.97. The molecule has 0 unspecified atom stereocenters. The molecule has 1 aliphatic rings. The molecule has 0 saturated carbocycles. The highest BCUT2D eigenvalue weighted by Crippen LogP contribution is 2.31. The number of carbonyl (C=O) groups is 2. The van der Waals surface area contributed by atoms with E-state index in [4.69, 9.17) is 0 Å². The number of hydrogen-bond acceptors (Lipinski definition) is 2. The number of carbonyl (C=O) groups excluding carboxylic acids is 2. The molecule has 0 fully saturated rings. The fraction of sp³-hybridized carbons (Fsp3) is 0.0667. The number of amides is 1. The Kier molecular flexibility index (Phi) is 3.33. The number of rotatable bonds is 2. The Morgan fingerprint density at radius 1 is 1.05 bits per heavy atom. The van der Waals surface area contributed by atoms with Gasteiger partial charge in [0.05, 0.1) is 17.8 Å². The summed E-state index contributed by atoms with van der Waals surface area (Å²) in [5.74, 6) is -2.55. The summed E-state index contributed by atoms with van der Waals surface area (Å²) in [6.07, 6.45) is 0. The van der Waals surface area contributed by atoms with Gasteiger partial charge in [0, 0.05) is 10.0 Å². The van der Waals surface area contributed by atoms with Crippen molar-refractivity contribution in [3.8, 4) is 0 Å². The lowest BCUT2D eigenvalue weighted by Gasteiger charge is -2.17. The molecule has 0 saturated heterocycles. The van der Waals surface area contributed by atoms with E-state index in [9.17, 15) is 18.4 Å². The zero-order valence-corrected chi connectivity index (χ0v) is 12.2. The predicted octanol–water partition coefficient (Wildman–Crippen LogP) is 3.46. The molecule has 6 heteroatoms. The van der Waals surface area contributed by atoms with Crippen LogP contribution >= 0.6 is 15.9 Å². The van der Waals surface area contributed by atoms with Gasteiger partial charge in [-0.15, -0.1) is 0 Å². The maximum atomic E-state index is 13.9. The largest absolute Gasteiger partial charge is 0.300 e. The first-order valence-electron chi connectivity index (χ1n) is 6.07. The monoisotopic (exact) mass is 351 g/mol. The van der Waals surface area contributed by atoms with Gasteiger partial charge in [-0.05, 0) is 30.3 Å². The Hall–Kier alpha value is -2.08. The van der Waals surface area contributed by atoms with Crippen molar-refractivity contribution in [2.24, 2.45) is 0 Å². The van der Waals surface area contributed by atoms with Crippen LogP contribution in [0.15, 0.2) is 40.9 Å². The van der Waals surface area contributed by atoms with Gasteiger partial charge in [-0.25, -0.2) is 8.78 Å². The molecule has 0 atom stereocenters. The Labute approximate surface area is 127 Å². The molecule has 0 aliphatic carbocycles. The molecule has 1 amide bonds. The number of benzene rings is 2. The summed E-state index contributed by atoms with van der Waals surface area (Å²) in [5, 5.41) is 0. The molecule has 3 nitrogen and oxygen atoms in total. The molecule has 0 spiro atoms. The van der Waals surface area contributed by atoms with E-state index in [1.54, 1.807) is 6.07 Å². The normalized spacial score (nSPS) is 13.8. The standard InChI is InChI=1S/C15H8BrF2NO2/c16-9-2-1-8(12(18)5-9)7-19-13-6-10(17)3-4-11(13)14(20)15(19)21/h1-6H,7H2. The predicted molar refractivity (Wildman–Crippen MR) is 76.0 cm³/mol. The van der Waals surface area contributed by atoms with Crippen LogP contribution in [0.25, 0.3) is 0 Å². The van der Waals surface area contributed by atoms with Crippen molar-refractivity contribution in [1.82, 2.24) is 0 Å². The molecule has 0 bridgehead atoms. The molecule has 0 N–H and O–H groups in total.